The fraction of sp³-hybridized carbons (Fsp3) is 0.300. The van der Waals surface area contributed by atoms with E-state index in [2.05, 4.69) is 20.9 Å². The number of benzene rings is 1. The fourth-order valence-electron chi connectivity index (χ4n) is 1.41. The molecule has 1 aromatic carbocycles. The number of nitrogens with two attached hydrogens (primary N) is 1. The Bertz CT molecular complexity index is 510. The van der Waals surface area contributed by atoms with Gasteiger partial charge in [0, 0.05) is 17.4 Å². The summed E-state index contributed by atoms with van der Waals surface area (Å²) in [6, 6.07) is 1.82. The molecule has 0 unspecified atom stereocenters. The quantitative estimate of drug-likeness (QED) is 0.924. The number of oxazole rings is 1. The van der Waals surface area contributed by atoms with Gasteiger partial charge in [0.15, 0.2) is 11.5 Å². The number of nitrogens with zero attached hydrogens (tertiary/aromatic N) is 1. The normalized spacial score (nSPS) is 11.2. The van der Waals surface area contributed by atoms with Gasteiger partial charge in [0.1, 0.15) is 5.52 Å². The predicted molar refractivity (Wildman–Crippen MR) is 64.2 cm³/mol. The molecule has 0 fully saturated rings. The summed E-state index contributed by atoms with van der Waals surface area (Å²) in [4.78, 5) is 4.36. The van der Waals surface area contributed by atoms with Crippen molar-refractivity contribution in [3.63, 3.8) is 0 Å². The highest BCUT2D eigenvalue weighted by molar-refractivity contribution is 9.10. The zero-order chi connectivity index (χ0) is 11.0. The maximum Gasteiger partial charge on any atom is 0.196 e. The van der Waals surface area contributed by atoms with Gasteiger partial charge in [-0.05, 0) is 18.6 Å². The summed E-state index contributed by atoms with van der Waals surface area (Å²) >= 11 is 9.48. The van der Waals surface area contributed by atoms with Gasteiger partial charge in [-0.2, -0.15) is 0 Å². The Kier molecular flexibility index (Phi) is 3.00. The molecule has 0 radical (unpaired) electrons. The number of rotatable bonds is 2. The van der Waals surface area contributed by atoms with E-state index in [0.717, 1.165) is 15.6 Å². The minimum atomic E-state index is 0.519. The Hall–Kier alpha value is -0.580. The van der Waals surface area contributed by atoms with Crippen LogP contribution in [0.25, 0.3) is 11.1 Å². The van der Waals surface area contributed by atoms with E-state index in [9.17, 15) is 0 Å². The minimum Gasteiger partial charge on any atom is -0.439 e. The molecule has 3 nitrogen and oxygen atoms in total. The van der Waals surface area contributed by atoms with Crippen LogP contribution in [-0.4, -0.2) is 11.5 Å². The second-order valence-electron chi connectivity index (χ2n) is 3.29. The van der Waals surface area contributed by atoms with Crippen LogP contribution in [0.2, 0.25) is 5.02 Å². The van der Waals surface area contributed by atoms with Crippen LogP contribution in [0.1, 0.15) is 11.5 Å². The Balaban J connectivity index is 2.68. The fourth-order valence-corrected chi connectivity index (χ4v) is 2.19. The first-order valence-corrected chi connectivity index (χ1v) is 5.74. The summed E-state index contributed by atoms with van der Waals surface area (Å²) in [5.41, 5.74) is 7.92. The van der Waals surface area contributed by atoms with Crippen LogP contribution in [0.5, 0.6) is 0 Å². The molecule has 0 aliphatic rings. The van der Waals surface area contributed by atoms with E-state index >= 15 is 0 Å². The van der Waals surface area contributed by atoms with Gasteiger partial charge in [-0.3, -0.25) is 0 Å². The molecule has 15 heavy (non-hydrogen) atoms. The zero-order valence-corrected chi connectivity index (χ0v) is 10.5. The monoisotopic (exact) mass is 288 g/mol. The molecule has 80 valence electrons. The average molecular weight is 290 g/mol. The van der Waals surface area contributed by atoms with E-state index < -0.39 is 0 Å². The lowest BCUT2D eigenvalue weighted by Crippen LogP contribution is -2.02. The number of aromatic nitrogens is 1. The Morgan fingerprint density at radius 1 is 1.60 bits per heavy atom. The molecule has 0 aliphatic heterocycles. The summed E-state index contributed by atoms with van der Waals surface area (Å²) < 4.78 is 6.47. The summed E-state index contributed by atoms with van der Waals surface area (Å²) in [6.07, 6.45) is 0.627. The molecule has 2 rings (SSSR count). The second kappa shape index (κ2) is 4.12. The molecule has 0 spiro atoms. The topological polar surface area (TPSA) is 52.0 Å². The molecule has 1 heterocycles. The SMILES string of the molecule is Cc1c(Br)cc(Cl)c2oc(CCN)nc12. The van der Waals surface area contributed by atoms with Crippen LogP contribution in [0.15, 0.2) is 15.0 Å². The van der Waals surface area contributed by atoms with Gasteiger partial charge in [0.25, 0.3) is 0 Å². The van der Waals surface area contributed by atoms with Gasteiger partial charge >= 0.3 is 0 Å². The van der Waals surface area contributed by atoms with E-state index in [1.807, 2.05) is 13.0 Å². The number of hydrogen-bond donors (Lipinski definition) is 1. The maximum atomic E-state index is 6.05. The molecule has 0 amide bonds. The molecular formula is C10H10BrClN2O. The molecule has 0 aliphatic carbocycles. The summed E-state index contributed by atoms with van der Waals surface area (Å²) in [5.74, 6) is 0.635. The number of hydrogen-bond acceptors (Lipinski definition) is 3. The maximum absolute atomic E-state index is 6.05. The molecule has 0 bridgehead atoms. The lowest BCUT2D eigenvalue weighted by molar-refractivity contribution is 0.531. The van der Waals surface area contributed by atoms with Crippen molar-refractivity contribution >= 4 is 38.6 Å². The standard InChI is InChI=1S/C10H10BrClN2O/c1-5-6(11)4-7(12)10-9(5)14-8(15-10)2-3-13/h4H,2-3,13H2,1H3. The smallest absolute Gasteiger partial charge is 0.196 e. The first kappa shape index (κ1) is 10.9. The van der Waals surface area contributed by atoms with Crippen LogP contribution in [-0.2, 0) is 6.42 Å². The summed E-state index contributed by atoms with van der Waals surface area (Å²) in [7, 11) is 0. The van der Waals surface area contributed by atoms with Gasteiger partial charge < -0.3 is 10.2 Å². The summed E-state index contributed by atoms with van der Waals surface area (Å²) in [5, 5.41) is 0.568. The molecular weight excluding hydrogens is 279 g/mol. The van der Waals surface area contributed by atoms with Gasteiger partial charge in [0.2, 0.25) is 0 Å². The zero-order valence-electron chi connectivity index (χ0n) is 8.18. The molecule has 0 atom stereocenters. The predicted octanol–water partition coefficient (Wildman–Crippen LogP) is 3.05. The second-order valence-corrected chi connectivity index (χ2v) is 4.55. The van der Waals surface area contributed by atoms with Gasteiger partial charge in [-0.15, -0.1) is 0 Å². The van der Waals surface area contributed by atoms with Gasteiger partial charge in [-0.25, -0.2) is 4.98 Å². The molecule has 2 aromatic rings. The minimum absolute atomic E-state index is 0.519. The lowest BCUT2D eigenvalue weighted by Gasteiger charge is -1.98. The van der Waals surface area contributed by atoms with Crippen molar-refractivity contribution in [2.45, 2.75) is 13.3 Å². The van der Waals surface area contributed by atoms with Crippen molar-refractivity contribution in [1.82, 2.24) is 4.98 Å². The third kappa shape index (κ3) is 1.89. The van der Waals surface area contributed by atoms with Crippen molar-refractivity contribution in [1.29, 1.82) is 0 Å². The van der Waals surface area contributed by atoms with Crippen LogP contribution in [0.3, 0.4) is 0 Å². The van der Waals surface area contributed by atoms with E-state index in [0.29, 0.717) is 29.5 Å². The number of fused-ring (bicyclic) bond motifs is 1. The van der Waals surface area contributed by atoms with Crippen molar-refractivity contribution in [3.05, 3.63) is 27.0 Å². The Morgan fingerprint density at radius 2 is 2.33 bits per heavy atom. The number of aryl methyl sites for hydroxylation is 1. The van der Waals surface area contributed by atoms with Crippen LogP contribution in [0.4, 0.5) is 0 Å². The van der Waals surface area contributed by atoms with E-state index in [4.69, 9.17) is 21.8 Å². The molecule has 0 saturated carbocycles. The molecule has 0 saturated heterocycles. The van der Waals surface area contributed by atoms with Crippen molar-refractivity contribution in [2.24, 2.45) is 5.73 Å². The van der Waals surface area contributed by atoms with Gasteiger partial charge in [0.05, 0.1) is 5.02 Å². The van der Waals surface area contributed by atoms with E-state index in [-0.39, 0.29) is 0 Å². The first-order valence-electron chi connectivity index (χ1n) is 4.57. The van der Waals surface area contributed by atoms with Crippen molar-refractivity contribution in [2.75, 3.05) is 6.54 Å². The first-order chi connectivity index (χ1) is 7.13. The highest BCUT2D eigenvalue weighted by Gasteiger charge is 2.13. The van der Waals surface area contributed by atoms with E-state index in [1.54, 1.807) is 0 Å². The highest BCUT2D eigenvalue weighted by Crippen LogP contribution is 2.32. The van der Waals surface area contributed by atoms with Crippen LogP contribution >= 0.6 is 27.5 Å². The van der Waals surface area contributed by atoms with Crippen LogP contribution in [0, 0.1) is 6.92 Å². The van der Waals surface area contributed by atoms with Crippen molar-refractivity contribution < 1.29 is 4.42 Å². The Morgan fingerprint density at radius 3 is 3.00 bits per heavy atom. The van der Waals surface area contributed by atoms with E-state index in [1.165, 1.54) is 0 Å². The largest absolute Gasteiger partial charge is 0.439 e. The van der Waals surface area contributed by atoms with Gasteiger partial charge in [-0.1, -0.05) is 27.5 Å². The molecule has 2 N–H and O–H groups in total. The Labute approximate surface area is 101 Å². The highest BCUT2D eigenvalue weighted by atomic mass is 79.9. The summed E-state index contributed by atoms with van der Waals surface area (Å²) in [6.45, 7) is 2.49. The average Bonchev–Trinajstić information content (AvgIpc) is 2.60. The van der Waals surface area contributed by atoms with Crippen molar-refractivity contribution in [3.8, 4) is 0 Å². The number of halogens is 2. The van der Waals surface area contributed by atoms with Crippen LogP contribution < -0.4 is 5.73 Å². The third-order valence-electron chi connectivity index (χ3n) is 2.21. The molecule has 5 heteroatoms. The molecule has 1 aromatic heterocycles. The lowest BCUT2D eigenvalue weighted by atomic mass is 10.2. The third-order valence-corrected chi connectivity index (χ3v) is 3.32.